The average Bonchev–Trinajstić information content (AvgIpc) is 2.46. The maximum atomic E-state index is 12.3. The van der Waals surface area contributed by atoms with E-state index in [9.17, 15) is 9.36 Å². The second kappa shape index (κ2) is 5.06. The molecule has 0 bridgehead atoms. The van der Waals surface area contributed by atoms with Crippen molar-refractivity contribution in [1.29, 1.82) is 0 Å². The third-order valence-corrected chi connectivity index (χ3v) is 4.67. The summed E-state index contributed by atoms with van der Waals surface area (Å²) in [6.07, 6.45) is 2.01. The zero-order valence-electron chi connectivity index (χ0n) is 9.36. The molecule has 4 nitrogen and oxygen atoms in total. The molecule has 0 saturated carbocycles. The smallest absolute Gasteiger partial charge is 0.308 e. The first-order chi connectivity index (χ1) is 7.03. The summed E-state index contributed by atoms with van der Waals surface area (Å²) >= 11 is 0. The van der Waals surface area contributed by atoms with Crippen molar-refractivity contribution < 1.29 is 18.4 Å². The van der Waals surface area contributed by atoms with Gasteiger partial charge in [-0.1, -0.05) is 5.57 Å². The van der Waals surface area contributed by atoms with Crippen molar-refractivity contribution in [1.82, 2.24) is 0 Å². The molecule has 1 aliphatic rings. The number of rotatable bonds is 5. The lowest BCUT2D eigenvalue weighted by atomic mass is 10.3. The second-order valence-electron chi connectivity index (χ2n) is 3.49. The Hall–Kier alpha value is -0.440. The van der Waals surface area contributed by atoms with Gasteiger partial charge >= 0.3 is 7.60 Å². The summed E-state index contributed by atoms with van der Waals surface area (Å²) in [7, 11) is -3.26. The van der Waals surface area contributed by atoms with Gasteiger partial charge in [0, 0.05) is 0 Å². The first kappa shape index (κ1) is 12.6. The highest BCUT2D eigenvalue weighted by Gasteiger charge is 2.42. The van der Waals surface area contributed by atoms with Crippen molar-refractivity contribution >= 4 is 13.4 Å². The molecule has 86 valence electrons. The van der Waals surface area contributed by atoms with Crippen LogP contribution in [0.15, 0.2) is 11.6 Å². The van der Waals surface area contributed by atoms with E-state index >= 15 is 0 Å². The van der Waals surface area contributed by atoms with E-state index in [-0.39, 0.29) is 5.78 Å². The molecule has 0 amide bonds. The van der Waals surface area contributed by atoms with Crippen LogP contribution in [0.1, 0.15) is 27.2 Å². The van der Waals surface area contributed by atoms with E-state index in [4.69, 9.17) is 9.05 Å². The van der Waals surface area contributed by atoms with Gasteiger partial charge in [-0.05, 0) is 33.3 Å². The molecule has 0 heterocycles. The number of hydrogen-bond acceptors (Lipinski definition) is 4. The Balaban J connectivity index is 2.83. The Morgan fingerprint density at radius 1 is 1.40 bits per heavy atom. The van der Waals surface area contributed by atoms with Crippen LogP contribution in [0.25, 0.3) is 0 Å². The topological polar surface area (TPSA) is 52.6 Å². The first-order valence-electron chi connectivity index (χ1n) is 5.13. The Labute approximate surface area is 90.2 Å². The predicted octanol–water partition coefficient (Wildman–Crippen LogP) is 2.54. The Morgan fingerprint density at radius 3 is 2.27 bits per heavy atom. The van der Waals surface area contributed by atoms with Gasteiger partial charge in [0.2, 0.25) is 0 Å². The predicted molar refractivity (Wildman–Crippen MR) is 58.0 cm³/mol. The fourth-order valence-corrected chi connectivity index (χ4v) is 3.70. The molecular formula is C10H17O4P. The van der Waals surface area contributed by atoms with Gasteiger partial charge in [0.1, 0.15) is 5.66 Å². The standard InChI is InChI=1S/C10H17O4P/c1-4-13-15(12,14-5-2)10-7-8(3)6-9(10)11/h6,10H,4-5,7H2,1-3H3/t10-/m0/s1. The van der Waals surface area contributed by atoms with E-state index in [0.717, 1.165) is 5.57 Å². The van der Waals surface area contributed by atoms with E-state index < -0.39 is 13.3 Å². The molecule has 0 aromatic heterocycles. The third-order valence-electron chi connectivity index (χ3n) is 2.23. The van der Waals surface area contributed by atoms with Gasteiger partial charge in [0.05, 0.1) is 13.2 Å². The van der Waals surface area contributed by atoms with E-state index in [1.807, 2.05) is 6.92 Å². The molecule has 0 fully saturated rings. The van der Waals surface area contributed by atoms with Gasteiger partial charge in [-0.25, -0.2) is 0 Å². The molecule has 0 radical (unpaired) electrons. The van der Waals surface area contributed by atoms with Crippen molar-refractivity contribution in [2.75, 3.05) is 13.2 Å². The summed E-state index contributed by atoms with van der Waals surface area (Å²) in [5.41, 5.74) is 0.307. The van der Waals surface area contributed by atoms with Crippen LogP contribution in [-0.2, 0) is 18.4 Å². The van der Waals surface area contributed by atoms with Crippen molar-refractivity contribution in [2.24, 2.45) is 0 Å². The summed E-state index contributed by atoms with van der Waals surface area (Å²) in [6, 6.07) is 0. The Bertz CT molecular complexity index is 311. The minimum Gasteiger partial charge on any atom is -0.308 e. The number of carbonyl (C=O) groups is 1. The summed E-state index contributed by atoms with van der Waals surface area (Å²) in [6.45, 7) is 5.91. The zero-order chi connectivity index (χ0) is 11.5. The number of hydrogen-bond donors (Lipinski definition) is 0. The van der Waals surface area contributed by atoms with Gasteiger partial charge in [-0.2, -0.15) is 0 Å². The van der Waals surface area contributed by atoms with Crippen LogP contribution in [-0.4, -0.2) is 24.7 Å². The monoisotopic (exact) mass is 232 g/mol. The van der Waals surface area contributed by atoms with Gasteiger partial charge in [-0.15, -0.1) is 0 Å². The average molecular weight is 232 g/mol. The molecule has 0 aromatic carbocycles. The molecule has 0 N–H and O–H groups in total. The fraction of sp³-hybridized carbons (Fsp3) is 0.700. The highest BCUT2D eigenvalue weighted by molar-refractivity contribution is 7.55. The molecule has 5 heteroatoms. The number of allylic oxidation sites excluding steroid dienone is 2. The van der Waals surface area contributed by atoms with Crippen LogP contribution in [0.5, 0.6) is 0 Å². The third kappa shape index (κ3) is 2.77. The Morgan fingerprint density at radius 2 is 1.93 bits per heavy atom. The summed E-state index contributed by atoms with van der Waals surface area (Å²) < 4.78 is 22.6. The number of ketones is 1. The molecule has 1 aliphatic carbocycles. The lowest BCUT2D eigenvalue weighted by molar-refractivity contribution is -0.114. The van der Waals surface area contributed by atoms with Crippen LogP contribution in [0.4, 0.5) is 0 Å². The molecule has 0 unspecified atom stereocenters. The molecule has 1 atom stereocenters. The van der Waals surface area contributed by atoms with Gasteiger partial charge in [-0.3, -0.25) is 9.36 Å². The van der Waals surface area contributed by atoms with Crippen LogP contribution >= 0.6 is 7.60 Å². The molecule has 0 aliphatic heterocycles. The fourth-order valence-electron chi connectivity index (χ4n) is 1.65. The minimum absolute atomic E-state index is 0.141. The van der Waals surface area contributed by atoms with Crippen molar-refractivity contribution in [2.45, 2.75) is 32.9 Å². The maximum absolute atomic E-state index is 12.3. The summed E-state index contributed by atoms with van der Waals surface area (Å²) in [4.78, 5) is 11.6. The largest absolute Gasteiger partial charge is 0.341 e. The van der Waals surface area contributed by atoms with Crippen molar-refractivity contribution in [3.63, 3.8) is 0 Å². The lowest BCUT2D eigenvalue weighted by Crippen LogP contribution is -2.18. The SMILES string of the molecule is CCOP(=O)(OCC)[C@H]1CC(C)=CC1=O. The molecule has 0 spiro atoms. The second-order valence-corrected chi connectivity index (χ2v) is 5.71. The Kier molecular flexibility index (Phi) is 4.26. The molecule has 0 aromatic rings. The molecule has 1 rings (SSSR count). The summed E-state index contributed by atoms with van der Waals surface area (Å²) in [5, 5.41) is 0. The number of carbonyl (C=O) groups excluding carboxylic acids is 1. The molecule has 15 heavy (non-hydrogen) atoms. The zero-order valence-corrected chi connectivity index (χ0v) is 10.3. The van der Waals surface area contributed by atoms with Gasteiger partial charge < -0.3 is 9.05 Å². The van der Waals surface area contributed by atoms with E-state index in [1.54, 1.807) is 13.8 Å². The minimum atomic E-state index is -3.26. The maximum Gasteiger partial charge on any atom is 0.341 e. The van der Waals surface area contributed by atoms with Crippen molar-refractivity contribution in [3.8, 4) is 0 Å². The molecular weight excluding hydrogens is 215 g/mol. The van der Waals surface area contributed by atoms with E-state index in [0.29, 0.717) is 19.6 Å². The normalized spacial score (nSPS) is 21.9. The van der Waals surface area contributed by atoms with Crippen LogP contribution in [0.3, 0.4) is 0 Å². The first-order valence-corrected chi connectivity index (χ1v) is 6.74. The lowest BCUT2D eigenvalue weighted by Gasteiger charge is -2.21. The highest BCUT2D eigenvalue weighted by Crippen LogP contribution is 2.56. The van der Waals surface area contributed by atoms with Gasteiger partial charge in [0.15, 0.2) is 5.78 Å². The van der Waals surface area contributed by atoms with Crippen LogP contribution in [0, 0.1) is 0 Å². The van der Waals surface area contributed by atoms with Crippen LogP contribution in [0.2, 0.25) is 0 Å². The highest BCUT2D eigenvalue weighted by atomic mass is 31.2. The van der Waals surface area contributed by atoms with Crippen LogP contribution < -0.4 is 0 Å². The van der Waals surface area contributed by atoms with E-state index in [1.165, 1.54) is 6.08 Å². The van der Waals surface area contributed by atoms with E-state index in [2.05, 4.69) is 0 Å². The quantitative estimate of drug-likeness (QED) is 0.683. The van der Waals surface area contributed by atoms with Gasteiger partial charge in [0.25, 0.3) is 0 Å². The molecule has 0 saturated heterocycles. The summed E-state index contributed by atoms with van der Waals surface area (Å²) in [5.74, 6) is -0.141. The van der Waals surface area contributed by atoms with Crippen molar-refractivity contribution in [3.05, 3.63) is 11.6 Å².